The van der Waals surface area contributed by atoms with Gasteiger partial charge >= 0.3 is 0 Å². The van der Waals surface area contributed by atoms with Gasteiger partial charge in [-0.25, -0.2) is 0 Å². The van der Waals surface area contributed by atoms with Crippen LogP contribution < -0.4 is 5.32 Å². The molecule has 2 aromatic carbocycles. The van der Waals surface area contributed by atoms with E-state index < -0.39 is 0 Å². The van der Waals surface area contributed by atoms with Crippen LogP contribution in [0.4, 0.5) is 5.69 Å². The Morgan fingerprint density at radius 3 is 2.84 bits per heavy atom. The molecule has 8 heteroatoms. The molecule has 0 fully saturated rings. The Kier molecular flexibility index (Phi) is 5.78. The summed E-state index contributed by atoms with van der Waals surface area (Å²) in [5, 5.41) is 11.6. The zero-order valence-corrected chi connectivity index (χ0v) is 16.3. The number of hydrogen-bond acceptors (Lipinski definition) is 5. The van der Waals surface area contributed by atoms with Gasteiger partial charge in [-0.05, 0) is 42.8 Å². The van der Waals surface area contributed by atoms with Gasteiger partial charge < -0.3 is 9.73 Å². The van der Waals surface area contributed by atoms with Crippen molar-refractivity contribution in [1.82, 2.24) is 10.2 Å². The third-order valence-corrected chi connectivity index (χ3v) is 4.94. The molecular formula is C17H13BrClN3O2S. The Morgan fingerprint density at radius 1 is 1.28 bits per heavy atom. The number of amides is 1. The maximum Gasteiger partial charge on any atom is 0.277 e. The molecule has 1 heterocycles. The quantitative estimate of drug-likeness (QED) is 0.555. The van der Waals surface area contributed by atoms with E-state index in [0.29, 0.717) is 21.7 Å². The number of carbonyl (C=O) groups excluding carboxylic acids is 1. The Morgan fingerprint density at radius 2 is 2.08 bits per heavy atom. The summed E-state index contributed by atoms with van der Waals surface area (Å²) in [6, 6.07) is 12.9. The fourth-order valence-electron chi connectivity index (χ4n) is 2.09. The maximum absolute atomic E-state index is 12.1. The van der Waals surface area contributed by atoms with Gasteiger partial charge in [-0.15, -0.1) is 10.2 Å². The minimum atomic E-state index is -0.145. The van der Waals surface area contributed by atoms with Crippen molar-refractivity contribution in [2.24, 2.45) is 0 Å². The molecule has 3 aromatic rings. The van der Waals surface area contributed by atoms with E-state index in [0.717, 1.165) is 15.7 Å². The molecule has 0 atom stereocenters. The number of nitrogens with one attached hydrogen (secondary N) is 1. The SMILES string of the molecule is Cc1cc(Br)ccc1NC(=O)CSc1nnc(-c2ccccc2Cl)o1. The largest absolute Gasteiger partial charge is 0.411 e. The molecule has 0 aliphatic carbocycles. The van der Waals surface area contributed by atoms with Crippen LogP contribution in [0.1, 0.15) is 5.56 Å². The lowest BCUT2D eigenvalue weighted by atomic mass is 10.2. The highest BCUT2D eigenvalue weighted by Crippen LogP contribution is 2.28. The van der Waals surface area contributed by atoms with E-state index in [-0.39, 0.29) is 11.7 Å². The molecule has 0 bridgehead atoms. The average Bonchev–Trinajstić information content (AvgIpc) is 3.05. The number of rotatable bonds is 5. The summed E-state index contributed by atoms with van der Waals surface area (Å²) in [4.78, 5) is 12.1. The minimum Gasteiger partial charge on any atom is -0.411 e. The van der Waals surface area contributed by atoms with E-state index in [2.05, 4.69) is 31.4 Å². The molecular weight excluding hydrogens is 426 g/mol. The van der Waals surface area contributed by atoms with Crippen LogP contribution in [0.2, 0.25) is 5.02 Å². The van der Waals surface area contributed by atoms with E-state index in [4.69, 9.17) is 16.0 Å². The average molecular weight is 439 g/mol. The highest BCUT2D eigenvalue weighted by atomic mass is 79.9. The molecule has 0 aliphatic rings. The van der Waals surface area contributed by atoms with Crippen LogP contribution in [0, 0.1) is 6.92 Å². The molecule has 0 unspecified atom stereocenters. The number of thioether (sulfide) groups is 1. The number of aromatic nitrogens is 2. The fraction of sp³-hybridized carbons (Fsp3) is 0.118. The minimum absolute atomic E-state index is 0.145. The Labute approximate surface area is 162 Å². The van der Waals surface area contributed by atoms with E-state index in [1.807, 2.05) is 37.3 Å². The van der Waals surface area contributed by atoms with Crippen LogP contribution in [0.15, 0.2) is 56.6 Å². The summed E-state index contributed by atoms with van der Waals surface area (Å²) in [7, 11) is 0. The number of halogens is 2. The lowest BCUT2D eigenvalue weighted by Crippen LogP contribution is -2.14. The van der Waals surface area contributed by atoms with Crippen molar-refractivity contribution in [1.29, 1.82) is 0 Å². The van der Waals surface area contributed by atoms with Crippen LogP contribution in [-0.2, 0) is 4.79 Å². The van der Waals surface area contributed by atoms with Gasteiger partial charge in [0.1, 0.15) is 0 Å². The van der Waals surface area contributed by atoms with Crippen LogP contribution in [-0.4, -0.2) is 21.9 Å². The van der Waals surface area contributed by atoms with Gasteiger partial charge in [0.15, 0.2) is 0 Å². The van der Waals surface area contributed by atoms with E-state index in [9.17, 15) is 4.79 Å². The first kappa shape index (κ1) is 18.0. The topological polar surface area (TPSA) is 68.0 Å². The van der Waals surface area contributed by atoms with E-state index in [1.54, 1.807) is 12.1 Å². The van der Waals surface area contributed by atoms with Crippen molar-refractivity contribution in [3.05, 3.63) is 57.5 Å². The first-order valence-electron chi connectivity index (χ1n) is 7.30. The molecule has 5 nitrogen and oxygen atoms in total. The third kappa shape index (κ3) is 4.62. The molecule has 1 amide bonds. The molecule has 25 heavy (non-hydrogen) atoms. The van der Waals surface area contributed by atoms with Crippen molar-refractivity contribution >= 4 is 50.9 Å². The maximum atomic E-state index is 12.1. The summed E-state index contributed by atoms with van der Waals surface area (Å²) >= 11 is 10.7. The van der Waals surface area contributed by atoms with Gasteiger partial charge in [0.2, 0.25) is 11.8 Å². The van der Waals surface area contributed by atoms with Gasteiger partial charge in [-0.1, -0.05) is 51.4 Å². The third-order valence-electron chi connectivity index (χ3n) is 3.30. The molecule has 0 saturated heterocycles. The van der Waals surface area contributed by atoms with E-state index in [1.165, 1.54) is 11.8 Å². The Hall–Kier alpha value is -1.83. The van der Waals surface area contributed by atoms with Crippen LogP contribution in [0.5, 0.6) is 0 Å². The monoisotopic (exact) mass is 437 g/mol. The molecule has 1 aromatic heterocycles. The number of aryl methyl sites for hydroxylation is 1. The van der Waals surface area contributed by atoms with Crippen molar-refractivity contribution in [2.45, 2.75) is 12.1 Å². The zero-order valence-electron chi connectivity index (χ0n) is 13.1. The molecule has 1 N–H and O–H groups in total. The first-order valence-corrected chi connectivity index (χ1v) is 9.46. The molecule has 0 saturated carbocycles. The smallest absolute Gasteiger partial charge is 0.277 e. The molecule has 0 radical (unpaired) electrons. The van der Waals surface area contributed by atoms with Crippen molar-refractivity contribution in [3.8, 4) is 11.5 Å². The van der Waals surface area contributed by atoms with Crippen molar-refractivity contribution in [2.75, 3.05) is 11.1 Å². The molecule has 0 aliphatic heterocycles. The molecule has 0 spiro atoms. The second kappa shape index (κ2) is 8.03. The van der Waals surface area contributed by atoms with Crippen LogP contribution in [0.3, 0.4) is 0 Å². The van der Waals surface area contributed by atoms with E-state index >= 15 is 0 Å². The molecule has 128 valence electrons. The summed E-state index contributed by atoms with van der Waals surface area (Å²) in [6.07, 6.45) is 0. The number of carbonyl (C=O) groups is 1. The predicted molar refractivity (Wildman–Crippen MR) is 103 cm³/mol. The van der Waals surface area contributed by atoms with Crippen molar-refractivity contribution in [3.63, 3.8) is 0 Å². The fourth-order valence-corrected chi connectivity index (χ4v) is 3.35. The summed E-state index contributed by atoms with van der Waals surface area (Å²) < 4.78 is 6.53. The number of hydrogen-bond donors (Lipinski definition) is 1. The predicted octanol–water partition coefficient (Wildman–Crippen LogP) is 5.19. The lowest BCUT2D eigenvalue weighted by Gasteiger charge is -2.07. The van der Waals surface area contributed by atoms with Gasteiger partial charge in [0, 0.05) is 10.2 Å². The van der Waals surface area contributed by atoms with Crippen molar-refractivity contribution < 1.29 is 9.21 Å². The second-order valence-corrected chi connectivity index (χ2v) is 7.40. The normalized spacial score (nSPS) is 10.7. The highest BCUT2D eigenvalue weighted by molar-refractivity contribution is 9.10. The zero-order chi connectivity index (χ0) is 17.8. The lowest BCUT2D eigenvalue weighted by molar-refractivity contribution is -0.113. The number of benzene rings is 2. The second-order valence-electron chi connectivity index (χ2n) is 5.15. The van der Waals surface area contributed by atoms with Gasteiger partial charge in [0.05, 0.1) is 16.3 Å². The summed E-state index contributed by atoms with van der Waals surface area (Å²) in [5.74, 6) is 0.352. The van der Waals surface area contributed by atoms with Gasteiger partial charge in [-0.2, -0.15) is 0 Å². The first-order chi connectivity index (χ1) is 12.0. The molecule has 3 rings (SSSR count). The standard InChI is InChI=1S/C17H13BrClN3O2S/c1-10-8-11(18)6-7-14(10)20-15(23)9-25-17-22-21-16(24-17)12-4-2-3-5-13(12)19/h2-8H,9H2,1H3,(H,20,23). The number of anilines is 1. The Bertz CT molecular complexity index is 916. The summed E-state index contributed by atoms with van der Waals surface area (Å²) in [6.45, 7) is 1.93. The van der Waals surface area contributed by atoms with Crippen LogP contribution >= 0.6 is 39.3 Å². The number of nitrogens with zero attached hydrogens (tertiary/aromatic N) is 2. The van der Waals surface area contributed by atoms with Crippen LogP contribution in [0.25, 0.3) is 11.5 Å². The Balaban J connectivity index is 1.60. The highest BCUT2D eigenvalue weighted by Gasteiger charge is 2.13. The van der Waals surface area contributed by atoms with Gasteiger partial charge in [-0.3, -0.25) is 4.79 Å². The summed E-state index contributed by atoms with van der Waals surface area (Å²) in [5.41, 5.74) is 2.42. The van der Waals surface area contributed by atoms with Gasteiger partial charge in [0.25, 0.3) is 5.22 Å².